The van der Waals surface area contributed by atoms with Gasteiger partial charge in [-0.2, -0.15) is 0 Å². The molecule has 0 bridgehead atoms. The lowest BCUT2D eigenvalue weighted by Crippen LogP contribution is -2.50. The number of amides is 2. The van der Waals surface area contributed by atoms with E-state index in [9.17, 15) is 14.4 Å². The Balaban J connectivity index is 1.48. The molecule has 0 radical (unpaired) electrons. The highest BCUT2D eigenvalue weighted by Gasteiger charge is 2.28. The number of hydrogen-bond donors (Lipinski definition) is 1. The van der Waals surface area contributed by atoms with Crippen LogP contribution in [-0.4, -0.2) is 38.9 Å². The number of rotatable bonds is 6. The minimum atomic E-state index is -0.591. The van der Waals surface area contributed by atoms with Gasteiger partial charge in [0.2, 0.25) is 11.8 Å². The Kier molecular flexibility index (Phi) is 5.94. The van der Waals surface area contributed by atoms with E-state index in [0.29, 0.717) is 30.5 Å². The van der Waals surface area contributed by atoms with Crippen molar-refractivity contribution in [2.75, 3.05) is 6.54 Å². The third kappa shape index (κ3) is 4.14. The molecule has 2 aromatic heterocycles. The van der Waals surface area contributed by atoms with E-state index in [-0.39, 0.29) is 23.9 Å². The second-order valence-corrected chi connectivity index (χ2v) is 8.46. The Labute approximate surface area is 178 Å². The Bertz CT molecular complexity index is 1140. The summed E-state index contributed by atoms with van der Waals surface area (Å²) in [6.07, 6.45) is 3.40. The van der Waals surface area contributed by atoms with Gasteiger partial charge in [-0.25, -0.2) is 4.98 Å². The summed E-state index contributed by atoms with van der Waals surface area (Å²) in [4.78, 5) is 45.5. The van der Waals surface area contributed by atoms with Crippen LogP contribution in [0.5, 0.6) is 0 Å². The number of benzene rings is 1. The lowest BCUT2D eigenvalue weighted by molar-refractivity contribution is -0.137. The minimum absolute atomic E-state index is 0.0611. The molecule has 1 atom stereocenters. The van der Waals surface area contributed by atoms with Crippen LogP contribution in [0.15, 0.2) is 46.7 Å². The van der Waals surface area contributed by atoms with Gasteiger partial charge < -0.3 is 10.2 Å². The maximum Gasteiger partial charge on any atom is 0.269 e. The van der Waals surface area contributed by atoms with Gasteiger partial charge in [-0.15, -0.1) is 11.3 Å². The number of nitrogens with one attached hydrogen (secondary N) is 1. The highest BCUT2D eigenvalue weighted by Crippen LogP contribution is 2.24. The monoisotopic (exact) mass is 424 g/mol. The number of fused-ring (bicyclic) bond motifs is 2. The van der Waals surface area contributed by atoms with E-state index in [1.165, 1.54) is 21.2 Å². The molecule has 0 saturated carbocycles. The third-order valence-corrected chi connectivity index (χ3v) is 6.41. The summed E-state index contributed by atoms with van der Waals surface area (Å²) in [5, 5.41) is 4.92. The summed E-state index contributed by atoms with van der Waals surface area (Å²) in [7, 11) is 0. The average molecular weight is 425 g/mol. The van der Waals surface area contributed by atoms with Crippen molar-refractivity contribution in [3.8, 4) is 0 Å². The van der Waals surface area contributed by atoms with Crippen molar-refractivity contribution in [2.45, 2.75) is 45.3 Å². The van der Waals surface area contributed by atoms with Crippen molar-refractivity contribution in [2.24, 2.45) is 0 Å². The highest BCUT2D eigenvalue weighted by molar-refractivity contribution is 7.10. The summed E-state index contributed by atoms with van der Waals surface area (Å²) < 4.78 is 1.39. The number of hydrogen-bond acceptors (Lipinski definition) is 5. The summed E-state index contributed by atoms with van der Waals surface area (Å²) >= 11 is 1.73. The van der Waals surface area contributed by atoms with Gasteiger partial charge in [0, 0.05) is 18.0 Å². The van der Waals surface area contributed by atoms with Crippen LogP contribution in [0.1, 0.15) is 30.2 Å². The van der Waals surface area contributed by atoms with Crippen LogP contribution < -0.4 is 10.9 Å². The second kappa shape index (κ2) is 8.79. The normalized spacial score (nSPS) is 14.4. The van der Waals surface area contributed by atoms with Crippen molar-refractivity contribution in [3.05, 3.63) is 62.7 Å². The molecule has 1 unspecified atom stereocenters. The van der Waals surface area contributed by atoms with E-state index in [4.69, 9.17) is 0 Å². The van der Waals surface area contributed by atoms with Crippen molar-refractivity contribution < 1.29 is 9.59 Å². The first-order chi connectivity index (χ1) is 14.6. The fourth-order valence-corrected chi connectivity index (χ4v) is 4.75. The lowest BCUT2D eigenvalue weighted by atomic mass is 10.1. The zero-order chi connectivity index (χ0) is 21.1. The van der Waals surface area contributed by atoms with E-state index in [1.807, 2.05) is 17.9 Å². The Morgan fingerprint density at radius 3 is 2.93 bits per heavy atom. The topological polar surface area (TPSA) is 84.3 Å². The lowest BCUT2D eigenvalue weighted by Gasteiger charge is -2.31. The molecule has 0 aliphatic carbocycles. The summed E-state index contributed by atoms with van der Waals surface area (Å²) in [6, 6.07) is 8.66. The largest absolute Gasteiger partial charge is 0.343 e. The molecule has 3 aromatic rings. The van der Waals surface area contributed by atoms with E-state index < -0.39 is 6.04 Å². The van der Waals surface area contributed by atoms with Gasteiger partial charge in [-0.05, 0) is 42.0 Å². The number of carbonyl (C=O) groups is 2. The second-order valence-electron chi connectivity index (χ2n) is 7.46. The van der Waals surface area contributed by atoms with Crippen LogP contribution in [0.4, 0.5) is 0 Å². The van der Waals surface area contributed by atoms with Crippen molar-refractivity contribution >= 4 is 34.2 Å². The van der Waals surface area contributed by atoms with Crippen LogP contribution in [0.25, 0.3) is 11.0 Å². The highest BCUT2D eigenvalue weighted by atomic mass is 32.1. The minimum Gasteiger partial charge on any atom is -0.343 e. The molecule has 8 heteroatoms. The van der Waals surface area contributed by atoms with Crippen molar-refractivity contribution in [1.29, 1.82) is 0 Å². The fourth-order valence-electron chi connectivity index (χ4n) is 3.86. The first-order valence-corrected chi connectivity index (χ1v) is 11.0. The van der Waals surface area contributed by atoms with E-state index in [1.54, 1.807) is 29.5 Å². The van der Waals surface area contributed by atoms with Gasteiger partial charge in [-0.3, -0.25) is 19.0 Å². The summed E-state index contributed by atoms with van der Waals surface area (Å²) in [5.74, 6) is -0.414. The molecule has 0 spiro atoms. The molecular formula is C22H24N4O3S. The van der Waals surface area contributed by atoms with Gasteiger partial charge in [0.1, 0.15) is 12.6 Å². The van der Waals surface area contributed by atoms with Gasteiger partial charge in [0.25, 0.3) is 5.56 Å². The number of thiophene rings is 1. The van der Waals surface area contributed by atoms with E-state index in [2.05, 4.69) is 21.7 Å². The van der Waals surface area contributed by atoms with Gasteiger partial charge in [0.05, 0.1) is 17.2 Å². The number of carbonyl (C=O) groups excluding carboxylic acids is 2. The molecule has 30 heavy (non-hydrogen) atoms. The summed E-state index contributed by atoms with van der Waals surface area (Å²) in [6.45, 7) is 3.09. The van der Waals surface area contributed by atoms with Gasteiger partial charge in [0.15, 0.2) is 0 Å². The smallest absolute Gasteiger partial charge is 0.269 e. The molecule has 156 valence electrons. The zero-order valence-corrected chi connectivity index (χ0v) is 17.7. The Morgan fingerprint density at radius 2 is 2.10 bits per heavy atom. The van der Waals surface area contributed by atoms with Gasteiger partial charge >= 0.3 is 0 Å². The Morgan fingerprint density at radius 1 is 1.27 bits per heavy atom. The Hall–Kier alpha value is -3.00. The maximum absolute atomic E-state index is 13.1. The van der Waals surface area contributed by atoms with Gasteiger partial charge in [-0.1, -0.05) is 25.5 Å². The standard InChI is InChI=1S/C22H24N4O3S/c1-2-5-17(22(29)25-10-8-19-15(13-25)9-11-30-19)24-20(27)14-26-18-7-4-3-6-16(18)23-12-21(26)28/h3-4,6-7,9,11-12,17H,2,5,8,10,13-14H2,1H3,(H,24,27). The zero-order valence-electron chi connectivity index (χ0n) is 16.8. The third-order valence-electron chi connectivity index (χ3n) is 5.38. The molecule has 0 fully saturated rings. The van der Waals surface area contributed by atoms with Crippen LogP contribution in [-0.2, 0) is 29.1 Å². The molecule has 2 amide bonds. The molecule has 1 aromatic carbocycles. The average Bonchev–Trinajstić information content (AvgIpc) is 3.23. The predicted octanol–water partition coefficient (Wildman–Crippen LogP) is 2.33. The molecule has 7 nitrogen and oxygen atoms in total. The van der Waals surface area contributed by atoms with E-state index in [0.717, 1.165) is 12.8 Å². The van der Waals surface area contributed by atoms with Crippen molar-refractivity contribution in [3.63, 3.8) is 0 Å². The number of nitrogens with zero attached hydrogens (tertiary/aromatic N) is 3. The predicted molar refractivity (Wildman–Crippen MR) is 116 cm³/mol. The van der Waals surface area contributed by atoms with Crippen LogP contribution >= 0.6 is 11.3 Å². The molecule has 0 saturated heterocycles. The van der Waals surface area contributed by atoms with Crippen molar-refractivity contribution in [1.82, 2.24) is 19.8 Å². The number of aromatic nitrogens is 2. The molecule has 1 aliphatic heterocycles. The number of para-hydroxylation sites is 2. The SMILES string of the molecule is CCCC(NC(=O)Cn1c(=O)cnc2ccccc21)C(=O)N1CCc2sccc2C1. The fraction of sp³-hybridized carbons (Fsp3) is 0.364. The summed E-state index contributed by atoms with van der Waals surface area (Å²) in [5.41, 5.74) is 2.09. The molecular weight excluding hydrogens is 400 g/mol. The van der Waals surface area contributed by atoms with Crippen LogP contribution in [0.2, 0.25) is 0 Å². The molecule has 4 rings (SSSR count). The molecule has 1 N–H and O–H groups in total. The molecule has 1 aliphatic rings. The molecule has 3 heterocycles. The maximum atomic E-state index is 13.1. The van der Waals surface area contributed by atoms with E-state index >= 15 is 0 Å². The van der Waals surface area contributed by atoms with Crippen LogP contribution in [0, 0.1) is 0 Å². The van der Waals surface area contributed by atoms with Crippen LogP contribution in [0.3, 0.4) is 0 Å². The first-order valence-electron chi connectivity index (χ1n) is 10.1. The first kappa shape index (κ1) is 20.3. The quantitative estimate of drug-likeness (QED) is 0.658.